The molecule has 0 saturated carbocycles. The van der Waals surface area contributed by atoms with Crippen LogP contribution < -0.4 is 5.32 Å². The largest absolute Gasteiger partial charge is 0.362 e. The van der Waals surface area contributed by atoms with Gasteiger partial charge < -0.3 is 5.32 Å². The Hall–Kier alpha value is -3.47. The van der Waals surface area contributed by atoms with E-state index in [1.807, 2.05) is 30.4 Å². The number of aromatic amines is 1. The van der Waals surface area contributed by atoms with Crippen molar-refractivity contribution in [1.29, 1.82) is 0 Å². The molecule has 5 nitrogen and oxygen atoms in total. The lowest BCUT2D eigenvalue weighted by Gasteiger charge is -2.13. The zero-order chi connectivity index (χ0) is 17.3. The molecule has 0 saturated heterocycles. The van der Waals surface area contributed by atoms with E-state index in [0.717, 1.165) is 33.6 Å². The third-order valence-corrected chi connectivity index (χ3v) is 4.71. The molecule has 0 amide bonds. The number of H-pyrrole nitrogens is 1. The molecule has 5 rings (SSSR count). The molecule has 2 atom stereocenters. The quantitative estimate of drug-likeness (QED) is 0.767. The van der Waals surface area contributed by atoms with Crippen molar-refractivity contribution >= 4 is 22.8 Å². The predicted molar refractivity (Wildman–Crippen MR) is 105 cm³/mol. The SMILES string of the molecule is C1=CC2N=C(C=Cc3n[nH]c4cc(-c5ccncc5)ccc34)NC2C=C1. The number of allylic oxidation sites excluding steroid dienone is 2. The monoisotopic (exact) mass is 339 g/mol. The molecule has 1 aromatic carbocycles. The molecule has 2 aromatic heterocycles. The van der Waals surface area contributed by atoms with Gasteiger partial charge in [-0.3, -0.25) is 15.1 Å². The highest BCUT2D eigenvalue weighted by atomic mass is 15.1. The third kappa shape index (κ3) is 2.63. The lowest BCUT2D eigenvalue weighted by molar-refractivity contribution is 0.695. The van der Waals surface area contributed by atoms with E-state index in [0.29, 0.717) is 0 Å². The first kappa shape index (κ1) is 14.8. The summed E-state index contributed by atoms with van der Waals surface area (Å²) in [4.78, 5) is 8.75. The van der Waals surface area contributed by atoms with Crippen molar-refractivity contribution in [3.8, 4) is 11.1 Å². The molecular formula is C21H17N5. The van der Waals surface area contributed by atoms with E-state index in [1.165, 1.54) is 0 Å². The maximum atomic E-state index is 4.68. The standard InChI is InChI=1S/C21H17N5/c1-2-4-19-18(3-1)23-21(24-19)8-7-17-16-6-5-15(13-20(16)26-25-17)14-9-11-22-12-10-14/h1-13,18-19H,(H,23,24)(H,25,26). The molecule has 1 aliphatic heterocycles. The van der Waals surface area contributed by atoms with Gasteiger partial charge in [0.05, 0.1) is 23.3 Å². The van der Waals surface area contributed by atoms with Gasteiger partial charge in [-0.05, 0) is 47.5 Å². The molecule has 5 heteroatoms. The van der Waals surface area contributed by atoms with Crippen molar-refractivity contribution in [2.75, 3.05) is 0 Å². The van der Waals surface area contributed by atoms with Gasteiger partial charge in [0, 0.05) is 17.8 Å². The van der Waals surface area contributed by atoms with Gasteiger partial charge in [-0.25, -0.2) is 0 Å². The van der Waals surface area contributed by atoms with Gasteiger partial charge in [0.15, 0.2) is 0 Å². The molecule has 2 N–H and O–H groups in total. The summed E-state index contributed by atoms with van der Waals surface area (Å²) >= 11 is 0. The van der Waals surface area contributed by atoms with E-state index in [4.69, 9.17) is 0 Å². The second-order valence-electron chi connectivity index (χ2n) is 6.38. The summed E-state index contributed by atoms with van der Waals surface area (Å²) in [5.41, 5.74) is 4.21. The van der Waals surface area contributed by atoms with Crippen LogP contribution in [0.3, 0.4) is 0 Å². The van der Waals surface area contributed by atoms with Crippen LogP contribution in [-0.2, 0) is 0 Å². The Kier molecular flexibility index (Phi) is 3.49. The van der Waals surface area contributed by atoms with Crippen LogP contribution in [0.4, 0.5) is 0 Å². The van der Waals surface area contributed by atoms with Crippen LogP contribution in [-0.4, -0.2) is 33.1 Å². The molecule has 2 unspecified atom stereocenters. The zero-order valence-corrected chi connectivity index (χ0v) is 14.0. The smallest absolute Gasteiger partial charge is 0.122 e. The van der Waals surface area contributed by atoms with Gasteiger partial charge in [-0.15, -0.1) is 0 Å². The van der Waals surface area contributed by atoms with E-state index in [-0.39, 0.29) is 12.1 Å². The molecule has 3 aromatic rings. The second kappa shape index (κ2) is 6.11. The Balaban J connectivity index is 1.42. The van der Waals surface area contributed by atoms with Gasteiger partial charge in [0.2, 0.25) is 0 Å². The first-order valence-corrected chi connectivity index (χ1v) is 8.63. The summed E-state index contributed by atoms with van der Waals surface area (Å²) in [6, 6.07) is 10.8. The number of amidine groups is 1. The summed E-state index contributed by atoms with van der Waals surface area (Å²) in [6.07, 6.45) is 15.9. The van der Waals surface area contributed by atoms with Crippen LogP contribution in [0.1, 0.15) is 5.69 Å². The summed E-state index contributed by atoms with van der Waals surface area (Å²) in [5, 5.41) is 12.1. The molecule has 1 aliphatic carbocycles. The Morgan fingerprint density at radius 2 is 1.81 bits per heavy atom. The number of aliphatic imine (C=N–C) groups is 1. The first-order valence-electron chi connectivity index (χ1n) is 8.63. The Morgan fingerprint density at radius 3 is 2.69 bits per heavy atom. The van der Waals surface area contributed by atoms with Gasteiger partial charge in [0.25, 0.3) is 0 Å². The summed E-state index contributed by atoms with van der Waals surface area (Å²) in [6.45, 7) is 0. The fourth-order valence-electron chi connectivity index (χ4n) is 3.36. The number of aromatic nitrogens is 3. The Morgan fingerprint density at radius 1 is 0.923 bits per heavy atom. The lowest BCUT2D eigenvalue weighted by Crippen LogP contribution is -2.32. The van der Waals surface area contributed by atoms with Crippen LogP contribution in [0.15, 0.2) is 78.1 Å². The topological polar surface area (TPSA) is 66.0 Å². The van der Waals surface area contributed by atoms with Gasteiger partial charge in [-0.2, -0.15) is 5.10 Å². The van der Waals surface area contributed by atoms with Crippen molar-refractivity contribution in [3.63, 3.8) is 0 Å². The number of hydrogen-bond donors (Lipinski definition) is 2. The molecule has 126 valence electrons. The van der Waals surface area contributed by atoms with E-state index in [9.17, 15) is 0 Å². The Bertz CT molecular complexity index is 1070. The highest BCUT2D eigenvalue weighted by molar-refractivity contribution is 6.00. The highest BCUT2D eigenvalue weighted by Gasteiger charge is 2.24. The maximum Gasteiger partial charge on any atom is 0.122 e. The molecule has 0 spiro atoms. The minimum absolute atomic E-state index is 0.193. The van der Waals surface area contributed by atoms with Crippen LogP contribution in [0.2, 0.25) is 0 Å². The number of nitrogens with one attached hydrogen (secondary N) is 2. The maximum absolute atomic E-state index is 4.68. The van der Waals surface area contributed by atoms with Crippen LogP contribution in [0, 0.1) is 0 Å². The minimum atomic E-state index is 0.193. The molecule has 26 heavy (non-hydrogen) atoms. The molecule has 0 fully saturated rings. The van der Waals surface area contributed by atoms with Crippen molar-refractivity contribution < 1.29 is 0 Å². The summed E-state index contributed by atoms with van der Waals surface area (Å²) < 4.78 is 0. The number of fused-ring (bicyclic) bond motifs is 2. The van der Waals surface area contributed by atoms with Crippen LogP contribution in [0.5, 0.6) is 0 Å². The molecule has 3 heterocycles. The second-order valence-corrected chi connectivity index (χ2v) is 6.38. The molecule has 0 radical (unpaired) electrons. The van der Waals surface area contributed by atoms with Crippen molar-refractivity contribution in [3.05, 3.63) is 78.8 Å². The normalized spacial score (nSPS) is 21.2. The number of benzene rings is 1. The average Bonchev–Trinajstić information content (AvgIpc) is 3.30. The van der Waals surface area contributed by atoms with Crippen LogP contribution in [0.25, 0.3) is 28.1 Å². The third-order valence-electron chi connectivity index (χ3n) is 4.71. The zero-order valence-electron chi connectivity index (χ0n) is 14.0. The van der Waals surface area contributed by atoms with E-state index < -0.39 is 0 Å². The van der Waals surface area contributed by atoms with Crippen LogP contribution >= 0.6 is 0 Å². The van der Waals surface area contributed by atoms with Crippen molar-refractivity contribution in [2.45, 2.75) is 12.1 Å². The molecular weight excluding hydrogens is 322 g/mol. The number of nitrogens with zero attached hydrogens (tertiary/aromatic N) is 3. The molecule has 2 aliphatic rings. The highest BCUT2D eigenvalue weighted by Crippen LogP contribution is 2.25. The summed E-state index contributed by atoms with van der Waals surface area (Å²) in [7, 11) is 0. The predicted octanol–water partition coefficient (Wildman–Crippen LogP) is 3.50. The van der Waals surface area contributed by atoms with Gasteiger partial charge >= 0.3 is 0 Å². The molecule has 0 bridgehead atoms. The van der Waals surface area contributed by atoms with E-state index in [1.54, 1.807) is 12.4 Å². The minimum Gasteiger partial charge on any atom is -0.362 e. The van der Waals surface area contributed by atoms with Crippen molar-refractivity contribution in [2.24, 2.45) is 4.99 Å². The lowest BCUT2D eigenvalue weighted by atomic mass is 10.0. The number of pyridine rings is 1. The fourth-order valence-corrected chi connectivity index (χ4v) is 3.36. The summed E-state index contributed by atoms with van der Waals surface area (Å²) in [5.74, 6) is 0.890. The number of hydrogen-bond acceptors (Lipinski definition) is 4. The van der Waals surface area contributed by atoms with E-state index in [2.05, 4.69) is 61.9 Å². The number of rotatable bonds is 3. The Labute approximate surface area is 150 Å². The fraction of sp³-hybridized carbons (Fsp3) is 0.0952. The van der Waals surface area contributed by atoms with Gasteiger partial charge in [-0.1, -0.05) is 30.4 Å². The van der Waals surface area contributed by atoms with E-state index >= 15 is 0 Å². The van der Waals surface area contributed by atoms with Gasteiger partial charge in [0.1, 0.15) is 5.84 Å². The average molecular weight is 339 g/mol. The first-order chi connectivity index (χ1) is 12.9. The van der Waals surface area contributed by atoms with Crippen molar-refractivity contribution in [1.82, 2.24) is 20.5 Å².